The molecule has 0 bridgehead atoms. The predicted octanol–water partition coefficient (Wildman–Crippen LogP) is 2.31. The highest BCUT2D eigenvalue weighted by Crippen LogP contribution is 2.11. The lowest BCUT2D eigenvalue weighted by Gasteiger charge is -2.11. The number of ether oxygens (including phenoxy) is 1. The van der Waals surface area contributed by atoms with Crippen LogP contribution in [0.5, 0.6) is 0 Å². The van der Waals surface area contributed by atoms with Crippen molar-refractivity contribution in [1.29, 1.82) is 0 Å². The molecule has 0 radical (unpaired) electrons. The molecule has 1 aliphatic rings. The molecule has 0 spiro atoms. The summed E-state index contributed by atoms with van der Waals surface area (Å²) in [5.74, 6) is 0. The van der Waals surface area contributed by atoms with Crippen molar-refractivity contribution in [2.75, 3.05) is 19.7 Å². The molecule has 1 aromatic carbocycles. The molecule has 1 atom stereocenters. The van der Waals surface area contributed by atoms with Crippen molar-refractivity contribution in [1.82, 2.24) is 5.32 Å². The Labute approximate surface area is 98.0 Å². The fraction of sp³-hybridized carbons (Fsp3) is 0.571. The summed E-state index contributed by atoms with van der Waals surface area (Å²) >= 11 is 0. The fourth-order valence-electron chi connectivity index (χ4n) is 2.18. The molecule has 1 heterocycles. The average molecular weight is 219 g/mol. The highest BCUT2D eigenvalue weighted by atomic mass is 16.5. The van der Waals surface area contributed by atoms with Crippen LogP contribution in [0.25, 0.3) is 0 Å². The second kappa shape index (κ2) is 6.02. The van der Waals surface area contributed by atoms with Crippen LogP contribution in [0.1, 0.15) is 24.0 Å². The minimum absolute atomic E-state index is 0.455. The summed E-state index contributed by atoms with van der Waals surface area (Å²) in [5.41, 5.74) is 2.84. The van der Waals surface area contributed by atoms with Crippen molar-refractivity contribution in [3.8, 4) is 0 Å². The first-order chi connectivity index (χ1) is 7.86. The van der Waals surface area contributed by atoms with Crippen molar-refractivity contribution in [2.24, 2.45) is 0 Å². The number of aryl methyl sites for hydroxylation is 1. The smallest absolute Gasteiger partial charge is 0.0700 e. The maximum atomic E-state index is 5.57. The molecule has 1 aliphatic heterocycles. The van der Waals surface area contributed by atoms with E-state index >= 15 is 0 Å². The quantitative estimate of drug-likeness (QED) is 0.767. The number of hydrogen-bond donors (Lipinski definition) is 1. The largest absolute Gasteiger partial charge is 0.377 e. The van der Waals surface area contributed by atoms with Crippen LogP contribution in [-0.2, 0) is 11.2 Å². The Morgan fingerprint density at radius 1 is 1.38 bits per heavy atom. The van der Waals surface area contributed by atoms with E-state index in [0.717, 1.165) is 26.1 Å². The normalized spacial score (nSPS) is 20.2. The Morgan fingerprint density at radius 2 is 2.25 bits per heavy atom. The van der Waals surface area contributed by atoms with E-state index < -0.39 is 0 Å². The van der Waals surface area contributed by atoms with E-state index in [0.29, 0.717) is 6.10 Å². The zero-order valence-corrected chi connectivity index (χ0v) is 10.0. The Bertz CT molecular complexity index is 318. The van der Waals surface area contributed by atoms with Gasteiger partial charge in [0.2, 0.25) is 0 Å². The van der Waals surface area contributed by atoms with Gasteiger partial charge >= 0.3 is 0 Å². The van der Waals surface area contributed by atoms with E-state index in [1.807, 2.05) is 0 Å². The van der Waals surface area contributed by atoms with Crippen LogP contribution in [0.15, 0.2) is 24.3 Å². The van der Waals surface area contributed by atoms with Crippen molar-refractivity contribution in [3.63, 3.8) is 0 Å². The van der Waals surface area contributed by atoms with Crippen LogP contribution >= 0.6 is 0 Å². The standard InChI is InChI=1S/C14H21NO/c1-12-5-2-3-6-13(12)8-9-15-11-14-7-4-10-16-14/h2-3,5-6,14-15H,4,7-11H2,1H3. The van der Waals surface area contributed by atoms with Gasteiger partial charge in [0.05, 0.1) is 6.10 Å². The summed E-state index contributed by atoms with van der Waals surface area (Å²) in [6.45, 7) is 5.18. The van der Waals surface area contributed by atoms with Gasteiger partial charge in [0.25, 0.3) is 0 Å². The van der Waals surface area contributed by atoms with E-state index in [2.05, 4.69) is 36.5 Å². The first-order valence-corrected chi connectivity index (χ1v) is 6.23. The van der Waals surface area contributed by atoms with Crippen molar-refractivity contribution in [2.45, 2.75) is 32.3 Å². The second-order valence-corrected chi connectivity index (χ2v) is 4.52. The molecule has 1 fully saturated rings. The second-order valence-electron chi connectivity index (χ2n) is 4.52. The van der Waals surface area contributed by atoms with Crippen LogP contribution < -0.4 is 5.32 Å². The molecule has 2 nitrogen and oxygen atoms in total. The molecule has 0 aromatic heterocycles. The number of nitrogens with one attached hydrogen (secondary N) is 1. The van der Waals surface area contributed by atoms with Crippen LogP contribution in [-0.4, -0.2) is 25.8 Å². The van der Waals surface area contributed by atoms with Gasteiger partial charge in [-0.3, -0.25) is 0 Å². The zero-order valence-electron chi connectivity index (χ0n) is 10.0. The first kappa shape index (κ1) is 11.6. The molecule has 0 saturated carbocycles. The van der Waals surface area contributed by atoms with Gasteiger partial charge in [-0.1, -0.05) is 24.3 Å². The van der Waals surface area contributed by atoms with Gasteiger partial charge in [0.1, 0.15) is 0 Å². The SMILES string of the molecule is Cc1ccccc1CCNCC1CCCO1. The van der Waals surface area contributed by atoms with Crippen LogP contribution in [0.4, 0.5) is 0 Å². The summed E-state index contributed by atoms with van der Waals surface area (Å²) in [5, 5.41) is 3.48. The fourth-order valence-corrected chi connectivity index (χ4v) is 2.18. The van der Waals surface area contributed by atoms with Gasteiger partial charge in [0.15, 0.2) is 0 Å². The van der Waals surface area contributed by atoms with E-state index in [1.54, 1.807) is 0 Å². The average Bonchev–Trinajstić information content (AvgIpc) is 2.79. The topological polar surface area (TPSA) is 21.3 Å². The molecule has 1 saturated heterocycles. The van der Waals surface area contributed by atoms with Crippen LogP contribution in [0, 0.1) is 6.92 Å². The maximum absolute atomic E-state index is 5.57. The van der Waals surface area contributed by atoms with Gasteiger partial charge in [-0.15, -0.1) is 0 Å². The highest BCUT2D eigenvalue weighted by molar-refractivity contribution is 5.25. The molecule has 16 heavy (non-hydrogen) atoms. The van der Waals surface area contributed by atoms with Gasteiger partial charge in [-0.05, 0) is 43.9 Å². The van der Waals surface area contributed by atoms with Gasteiger partial charge in [0, 0.05) is 13.2 Å². The summed E-state index contributed by atoms with van der Waals surface area (Å²) < 4.78 is 5.57. The molecule has 1 N–H and O–H groups in total. The first-order valence-electron chi connectivity index (χ1n) is 6.23. The highest BCUT2D eigenvalue weighted by Gasteiger charge is 2.14. The Balaban J connectivity index is 1.66. The van der Waals surface area contributed by atoms with E-state index in [-0.39, 0.29) is 0 Å². The molecule has 0 amide bonds. The predicted molar refractivity (Wildman–Crippen MR) is 66.7 cm³/mol. The van der Waals surface area contributed by atoms with E-state index in [1.165, 1.54) is 24.0 Å². The molecular weight excluding hydrogens is 198 g/mol. The van der Waals surface area contributed by atoms with E-state index in [9.17, 15) is 0 Å². The van der Waals surface area contributed by atoms with Crippen molar-refractivity contribution >= 4 is 0 Å². The summed E-state index contributed by atoms with van der Waals surface area (Å²) in [7, 11) is 0. The van der Waals surface area contributed by atoms with Crippen molar-refractivity contribution in [3.05, 3.63) is 35.4 Å². The third-order valence-electron chi connectivity index (χ3n) is 3.23. The number of rotatable bonds is 5. The van der Waals surface area contributed by atoms with Gasteiger partial charge in [-0.2, -0.15) is 0 Å². The van der Waals surface area contributed by atoms with Gasteiger partial charge < -0.3 is 10.1 Å². The Kier molecular flexibility index (Phi) is 4.37. The summed E-state index contributed by atoms with van der Waals surface area (Å²) in [6, 6.07) is 8.60. The molecular formula is C14H21NO. The lowest BCUT2D eigenvalue weighted by atomic mass is 10.1. The van der Waals surface area contributed by atoms with Crippen LogP contribution in [0.3, 0.4) is 0 Å². The minimum atomic E-state index is 0.455. The maximum Gasteiger partial charge on any atom is 0.0700 e. The van der Waals surface area contributed by atoms with E-state index in [4.69, 9.17) is 4.74 Å². The summed E-state index contributed by atoms with van der Waals surface area (Å²) in [4.78, 5) is 0. The molecule has 1 unspecified atom stereocenters. The Morgan fingerprint density at radius 3 is 3.00 bits per heavy atom. The Hall–Kier alpha value is -0.860. The minimum Gasteiger partial charge on any atom is -0.377 e. The summed E-state index contributed by atoms with van der Waals surface area (Å²) in [6.07, 6.45) is 4.01. The molecule has 0 aliphatic carbocycles. The molecule has 1 aromatic rings. The molecule has 2 rings (SSSR count). The third kappa shape index (κ3) is 3.32. The van der Waals surface area contributed by atoms with Crippen LogP contribution in [0.2, 0.25) is 0 Å². The van der Waals surface area contributed by atoms with Crippen molar-refractivity contribution < 1.29 is 4.74 Å². The molecule has 88 valence electrons. The lowest BCUT2D eigenvalue weighted by molar-refractivity contribution is 0.110. The zero-order chi connectivity index (χ0) is 11.2. The molecule has 2 heteroatoms. The number of benzene rings is 1. The monoisotopic (exact) mass is 219 g/mol. The third-order valence-corrected chi connectivity index (χ3v) is 3.23. The lowest BCUT2D eigenvalue weighted by Crippen LogP contribution is -2.28. The number of hydrogen-bond acceptors (Lipinski definition) is 2. The van der Waals surface area contributed by atoms with Gasteiger partial charge in [-0.25, -0.2) is 0 Å².